The topological polar surface area (TPSA) is 0 Å². The zero-order valence-electron chi connectivity index (χ0n) is 14.2. The first-order valence-corrected chi connectivity index (χ1v) is 8.29. The summed E-state index contributed by atoms with van der Waals surface area (Å²) < 4.78 is 0. The second-order valence-corrected chi connectivity index (χ2v) is 6.16. The number of hydrogen-bond acceptors (Lipinski definition) is 0. The van der Waals surface area contributed by atoms with E-state index < -0.39 is 0 Å². The zero-order valence-corrected chi connectivity index (χ0v) is 14.2. The van der Waals surface area contributed by atoms with Gasteiger partial charge in [-0.25, -0.2) is 0 Å². The lowest BCUT2D eigenvalue weighted by Gasteiger charge is -1.99. The summed E-state index contributed by atoms with van der Waals surface area (Å²) in [7, 11) is 0. The van der Waals surface area contributed by atoms with Crippen LogP contribution in [0.3, 0.4) is 0 Å². The van der Waals surface area contributed by atoms with Crippen LogP contribution < -0.4 is 0 Å². The molecule has 0 aliphatic carbocycles. The Balaban J connectivity index is 1.74. The molecule has 0 saturated carbocycles. The maximum absolute atomic E-state index is 2.20. The fraction of sp³-hybridized carbons (Fsp3) is 0.0833. The number of hydrogen-bond donors (Lipinski definition) is 0. The van der Waals surface area contributed by atoms with Gasteiger partial charge in [0.25, 0.3) is 0 Å². The predicted octanol–water partition coefficient (Wildman–Crippen LogP) is 6.64. The third-order valence-electron chi connectivity index (χ3n) is 4.00. The minimum Gasteiger partial charge on any atom is -0.0611 e. The molecule has 3 aromatic carbocycles. The van der Waals surface area contributed by atoms with Gasteiger partial charge in [-0.1, -0.05) is 102 Å². The van der Waals surface area contributed by atoms with Crippen LogP contribution in [0.25, 0.3) is 24.3 Å². The average Bonchev–Trinajstić information content (AvgIpc) is 2.61. The van der Waals surface area contributed by atoms with Gasteiger partial charge in [-0.2, -0.15) is 0 Å². The van der Waals surface area contributed by atoms with E-state index in [-0.39, 0.29) is 0 Å². The molecule has 0 saturated heterocycles. The van der Waals surface area contributed by atoms with Gasteiger partial charge in [-0.05, 0) is 42.2 Å². The van der Waals surface area contributed by atoms with E-state index in [1.165, 1.54) is 33.4 Å². The van der Waals surface area contributed by atoms with Gasteiger partial charge in [0.1, 0.15) is 0 Å². The molecule has 0 N–H and O–H groups in total. The number of aryl methyl sites for hydroxylation is 2. The van der Waals surface area contributed by atoms with Gasteiger partial charge < -0.3 is 0 Å². The molecule has 0 heterocycles. The smallest absolute Gasteiger partial charge is 0.0251 e. The summed E-state index contributed by atoms with van der Waals surface area (Å²) >= 11 is 0. The molecule has 0 nitrogen and oxygen atoms in total. The molecule has 0 atom stereocenters. The molecule has 0 bridgehead atoms. The fourth-order valence-corrected chi connectivity index (χ4v) is 2.51. The SMILES string of the molecule is Cc1ccc(C=Cc2cccc(C=Cc3ccc(C)cc3)c2)cc1. The van der Waals surface area contributed by atoms with Crippen LogP contribution in [0.15, 0.2) is 72.8 Å². The van der Waals surface area contributed by atoms with Gasteiger partial charge in [-0.3, -0.25) is 0 Å². The molecule has 0 aliphatic rings. The molecule has 0 spiro atoms. The zero-order chi connectivity index (χ0) is 16.8. The summed E-state index contributed by atoms with van der Waals surface area (Å²) in [5, 5.41) is 0. The highest BCUT2D eigenvalue weighted by Crippen LogP contribution is 2.14. The summed E-state index contributed by atoms with van der Waals surface area (Å²) in [6.07, 6.45) is 8.63. The molecule has 0 amide bonds. The maximum Gasteiger partial charge on any atom is -0.0251 e. The van der Waals surface area contributed by atoms with Gasteiger partial charge in [0.2, 0.25) is 0 Å². The van der Waals surface area contributed by atoms with Crippen LogP contribution in [-0.2, 0) is 0 Å². The van der Waals surface area contributed by atoms with Crippen LogP contribution in [0.4, 0.5) is 0 Å². The Morgan fingerprint density at radius 1 is 0.458 bits per heavy atom. The second kappa shape index (κ2) is 7.61. The standard InChI is InChI=1S/C24H22/c1-19-6-10-21(11-7-19)14-16-23-4-3-5-24(18-23)17-15-22-12-8-20(2)9-13-22/h3-18H,1-2H3. The van der Waals surface area contributed by atoms with E-state index in [9.17, 15) is 0 Å². The molecule has 0 aliphatic heterocycles. The quantitative estimate of drug-likeness (QED) is 0.473. The van der Waals surface area contributed by atoms with Crippen LogP contribution in [-0.4, -0.2) is 0 Å². The molecular weight excluding hydrogens is 288 g/mol. The van der Waals surface area contributed by atoms with Crippen molar-refractivity contribution in [2.45, 2.75) is 13.8 Å². The van der Waals surface area contributed by atoms with Crippen molar-refractivity contribution >= 4 is 24.3 Å². The monoisotopic (exact) mass is 310 g/mol. The van der Waals surface area contributed by atoms with Gasteiger partial charge in [-0.15, -0.1) is 0 Å². The van der Waals surface area contributed by atoms with Crippen molar-refractivity contribution in [1.82, 2.24) is 0 Å². The van der Waals surface area contributed by atoms with E-state index in [2.05, 4.69) is 111 Å². The maximum atomic E-state index is 2.20. The molecule has 3 aromatic rings. The van der Waals surface area contributed by atoms with Gasteiger partial charge in [0, 0.05) is 0 Å². The van der Waals surface area contributed by atoms with Gasteiger partial charge >= 0.3 is 0 Å². The minimum absolute atomic E-state index is 1.21. The van der Waals surface area contributed by atoms with Crippen LogP contribution in [0, 0.1) is 13.8 Å². The molecule has 0 radical (unpaired) electrons. The van der Waals surface area contributed by atoms with E-state index in [0.29, 0.717) is 0 Å². The molecule has 0 fully saturated rings. The third kappa shape index (κ3) is 4.57. The van der Waals surface area contributed by atoms with Crippen molar-refractivity contribution in [2.75, 3.05) is 0 Å². The Bertz CT molecular complexity index is 777. The average molecular weight is 310 g/mol. The lowest BCUT2D eigenvalue weighted by Crippen LogP contribution is -1.78. The Morgan fingerprint density at radius 3 is 1.25 bits per heavy atom. The molecule has 3 rings (SSSR count). The molecular formula is C24H22. The first-order chi connectivity index (χ1) is 11.7. The summed E-state index contributed by atoms with van der Waals surface area (Å²) in [5.74, 6) is 0. The second-order valence-electron chi connectivity index (χ2n) is 6.16. The normalized spacial score (nSPS) is 11.4. The Morgan fingerprint density at radius 2 is 0.833 bits per heavy atom. The van der Waals surface area contributed by atoms with Crippen molar-refractivity contribution in [2.24, 2.45) is 0 Å². The summed E-state index contributed by atoms with van der Waals surface area (Å²) in [4.78, 5) is 0. The van der Waals surface area contributed by atoms with Crippen molar-refractivity contribution < 1.29 is 0 Å². The van der Waals surface area contributed by atoms with E-state index in [1.807, 2.05) is 0 Å². The molecule has 0 aromatic heterocycles. The van der Waals surface area contributed by atoms with Crippen molar-refractivity contribution in [3.05, 3.63) is 106 Å². The Labute approximate surface area is 144 Å². The molecule has 0 heteroatoms. The van der Waals surface area contributed by atoms with E-state index in [1.54, 1.807) is 0 Å². The fourth-order valence-electron chi connectivity index (χ4n) is 2.51. The highest BCUT2D eigenvalue weighted by atomic mass is 14.0. The summed E-state index contributed by atoms with van der Waals surface area (Å²) in [6, 6.07) is 25.7. The van der Waals surface area contributed by atoms with Crippen molar-refractivity contribution in [1.29, 1.82) is 0 Å². The van der Waals surface area contributed by atoms with Gasteiger partial charge in [0.15, 0.2) is 0 Å². The van der Waals surface area contributed by atoms with Crippen LogP contribution in [0.5, 0.6) is 0 Å². The highest BCUT2D eigenvalue weighted by Gasteiger charge is 1.92. The van der Waals surface area contributed by atoms with E-state index in [0.717, 1.165) is 0 Å². The Kier molecular flexibility index (Phi) is 5.08. The van der Waals surface area contributed by atoms with Gasteiger partial charge in [0.05, 0.1) is 0 Å². The molecule has 24 heavy (non-hydrogen) atoms. The third-order valence-corrected chi connectivity index (χ3v) is 4.00. The first kappa shape index (κ1) is 16.0. The lowest BCUT2D eigenvalue weighted by atomic mass is 10.1. The van der Waals surface area contributed by atoms with Crippen LogP contribution in [0.1, 0.15) is 33.4 Å². The van der Waals surface area contributed by atoms with Crippen LogP contribution in [0.2, 0.25) is 0 Å². The minimum atomic E-state index is 1.21. The predicted molar refractivity (Wildman–Crippen MR) is 107 cm³/mol. The van der Waals surface area contributed by atoms with E-state index in [4.69, 9.17) is 0 Å². The number of benzene rings is 3. The molecule has 0 unspecified atom stereocenters. The molecule has 118 valence electrons. The highest BCUT2D eigenvalue weighted by molar-refractivity contribution is 5.74. The lowest BCUT2D eigenvalue weighted by molar-refractivity contribution is 1.46. The van der Waals surface area contributed by atoms with Crippen molar-refractivity contribution in [3.63, 3.8) is 0 Å². The summed E-state index contributed by atoms with van der Waals surface area (Å²) in [6.45, 7) is 4.22. The van der Waals surface area contributed by atoms with Crippen molar-refractivity contribution in [3.8, 4) is 0 Å². The summed E-state index contributed by atoms with van der Waals surface area (Å²) in [5.41, 5.74) is 7.44. The van der Waals surface area contributed by atoms with E-state index >= 15 is 0 Å². The van der Waals surface area contributed by atoms with Crippen LogP contribution >= 0.6 is 0 Å². The number of rotatable bonds is 4. The Hall–Kier alpha value is -2.86. The largest absolute Gasteiger partial charge is 0.0611 e. The first-order valence-electron chi connectivity index (χ1n) is 8.29.